The summed E-state index contributed by atoms with van der Waals surface area (Å²) in [6, 6.07) is 8.54. The third-order valence-electron chi connectivity index (χ3n) is 6.03. The van der Waals surface area contributed by atoms with Gasteiger partial charge in [0.1, 0.15) is 0 Å². The zero-order valence-corrected chi connectivity index (χ0v) is 25.4. The number of methoxy groups -OCH3 is 7. The molecule has 0 fully saturated rings. The van der Waals surface area contributed by atoms with Crippen molar-refractivity contribution in [1.82, 2.24) is 0 Å². The predicted molar refractivity (Wildman–Crippen MR) is 161 cm³/mol. The van der Waals surface area contributed by atoms with Crippen LogP contribution in [-0.2, 0) is 0 Å². The van der Waals surface area contributed by atoms with E-state index < -0.39 is 0 Å². The largest absolute Gasteiger partial charge is 0.503 e. The molecule has 0 atom stereocenters. The Labute approximate surface area is 247 Å². The smallest absolute Gasteiger partial charge is 0.204 e. The van der Waals surface area contributed by atoms with Gasteiger partial charge in [-0.15, -0.1) is 0 Å². The van der Waals surface area contributed by atoms with Crippen molar-refractivity contribution in [2.75, 3.05) is 55.1 Å². The molecule has 0 aliphatic rings. The first kappa shape index (κ1) is 31.0. The first-order valence-corrected chi connectivity index (χ1v) is 12.9. The maximum Gasteiger partial charge on any atom is 0.204 e. The molecular formula is C30H32BrNO9. The lowest BCUT2D eigenvalue weighted by Gasteiger charge is -2.15. The highest BCUT2D eigenvalue weighted by atomic mass is 79.9. The molecule has 0 saturated carbocycles. The van der Waals surface area contributed by atoms with Crippen molar-refractivity contribution >= 4 is 39.6 Å². The van der Waals surface area contributed by atoms with Gasteiger partial charge in [0, 0.05) is 23.4 Å². The first-order valence-electron chi connectivity index (χ1n) is 12.1. The van der Waals surface area contributed by atoms with Crippen LogP contribution >= 0.6 is 15.9 Å². The van der Waals surface area contributed by atoms with E-state index in [1.807, 2.05) is 6.08 Å². The van der Waals surface area contributed by atoms with Crippen LogP contribution in [0.4, 0.5) is 5.69 Å². The zero-order valence-electron chi connectivity index (χ0n) is 23.8. The fourth-order valence-electron chi connectivity index (χ4n) is 4.02. The van der Waals surface area contributed by atoms with Gasteiger partial charge >= 0.3 is 0 Å². The third kappa shape index (κ3) is 6.63. The minimum Gasteiger partial charge on any atom is -0.503 e. The average Bonchev–Trinajstić information content (AvgIpc) is 2.99. The van der Waals surface area contributed by atoms with E-state index in [0.29, 0.717) is 50.2 Å². The van der Waals surface area contributed by atoms with Crippen molar-refractivity contribution in [3.63, 3.8) is 0 Å². The number of ether oxygens (including phenoxy) is 7. The Kier molecular flexibility index (Phi) is 10.8. The van der Waals surface area contributed by atoms with Gasteiger partial charge in [0.2, 0.25) is 11.5 Å². The zero-order chi connectivity index (χ0) is 30.1. The van der Waals surface area contributed by atoms with Crippen molar-refractivity contribution in [3.8, 4) is 46.0 Å². The van der Waals surface area contributed by atoms with Gasteiger partial charge in [0.15, 0.2) is 40.3 Å². The lowest BCUT2D eigenvalue weighted by atomic mass is 10.1. The lowest BCUT2D eigenvalue weighted by molar-refractivity contribution is 0.104. The Bertz CT molecular complexity index is 1440. The molecule has 0 amide bonds. The number of allylic oxidation sites excluding steroid dienone is 1. The van der Waals surface area contributed by atoms with Crippen LogP contribution in [0.3, 0.4) is 0 Å². The summed E-state index contributed by atoms with van der Waals surface area (Å²) in [5, 5.41) is 13.9. The van der Waals surface area contributed by atoms with Crippen LogP contribution in [0.1, 0.15) is 21.5 Å². The fraction of sp³-hybridized carbons (Fsp3) is 0.233. The van der Waals surface area contributed by atoms with Crippen LogP contribution in [0.25, 0.3) is 12.2 Å². The van der Waals surface area contributed by atoms with E-state index in [-0.39, 0.29) is 22.8 Å². The van der Waals surface area contributed by atoms with Gasteiger partial charge in [-0.3, -0.25) is 4.79 Å². The lowest BCUT2D eigenvalue weighted by Crippen LogP contribution is -2.03. The standard InChI is InChI=1S/C30H32BrNO9/c1-35-21-11-10-18(9-8-17-14-22(36-2)28(39-5)23(15-17)37-3)26(27(21)34)32-13-12-20(33)19-16-24(38-4)29(40-6)30(41-7)25(19)31/h8-16,32,34H,1-7H3. The molecule has 0 saturated heterocycles. The summed E-state index contributed by atoms with van der Waals surface area (Å²) in [4.78, 5) is 13.1. The maximum absolute atomic E-state index is 13.1. The van der Waals surface area contributed by atoms with Gasteiger partial charge in [-0.25, -0.2) is 0 Å². The molecule has 3 aromatic rings. The quantitative estimate of drug-likeness (QED) is 0.0981. The molecule has 0 aliphatic heterocycles. The summed E-state index contributed by atoms with van der Waals surface area (Å²) in [7, 11) is 10.5. The van der Waals surface area contributed by atoms with Crippen LogP contribution in [0.15, 0.2) is 47.1 Å². The van der Waals surface area contributed by atoms with Gasteiger partial charge in [-0.05, 0) is 51.8 Å². The van der Waals surface area contributed by atoms with Crippen LogP contribution in [0.5, 0.6) is 46.0 Å². The molecule has 0 unspecified atom stereocenters. The van der Waals surface area contributed by atoms with E-state index in [0.717, 1.165) is 5.56 Å². The molecule has 11 heteroatoms. The molecule has 3 aromatic carbocycles. The number of hydrogen-bond acceptors (Lipinski definition) is 10. The number of benzene rings is 3. The number of ketones is 1. The topological polar surface area (TPSA) is 114 Å². The number of carbonyl (C=O) groups is 1. The van der Waals surface area contributed by atoms with Crippen LogP contribution < -0.4 is 38.5 Å². The monoisotopic (exact) mass is 629 g/mol. The van der Waals surface area contributed by atoms with Crippen molar-refractivity contribution < 1.29 is 43.1 Å². The molecule has 0 aliphatic carbocycles. The predicted octanol–water partition coefficient (Wildman–Crippen LogP) is 6.19. The first-order chi connectivity index (χ1) is 19.8. The Balaban J connectivity index is 1.96. The maximum atomic E-state index is 13.1. The number of aromatic hydroxyl groups is 1. The molecule has 218 valence electrons. The minimum atomic E-state index is -0.361. The second-order valence-electron chi connectivity index (χ2n) is 8.22. The second-order valence-corrected chi connectivity index (χ2v) is 9.01. The Morgan fingerprint density at radius 1 is 0.732 bits per heavy atom. The van der Waals surface area contributed by atoms with Gasteiger partial charge in [-0.2, -0.15) is 0 Å². The highest BCUT2D eigenvalue weighted by molar-refractivity contribution is 9.10. The fourth-order valence-corrected chi connectivity index (χ4v) is 4.67. The van der Waals surface area contributed by atoms with E-state index in [1.165, 1.54) is 47.8 Å². The average molecular weight is 630 g/mol. The third-order valence-corrected chi connectivity index (χ3v) is 6.82. The minimum absolute atomic E-state index is 0.134. The number of phenols is 1. The van der Waals surface area contributed by atoms with E-state index in [4.69, 9.17) is 33.2 Å². The molecule has 41 heavy (non-hydrogen) atoms. The van der Waals surface area contributed by atoms with Gasteiger partial charge < -0.3 is 43.6 Å². The van der Waals surface area contributed by atoms with E-state index >= 15 is 0 Å². The number of nitrogens with one attached hydrogen (secondary N) is 1. The number of rotatable bonds is 13. The molecule has 2 N–H and O–H groups in total. The molecular weight excluding hydrogens is 598 g/mol. The summed E-state index contributed by atoms with van der Waals surface area (Å²) < 4.78 is 38.1. The van der Waals surface area contributed by atoms with E-state index in [1.54, 1.807) is 50.6 Å². The highest BCUT2D eigenvalue weighted by Crippen LogP contribution is 2.45. The SMILES string of the molecule is COc1ccc(C=Cc2cc(OC)c(OC)c(OC)c2)c(NC=CC(=O)c2cc(OC)c(OC)c(OC)c2Br)c1O. The summed E-state index contributed by atoms with van der Waals surface area (Å²) >= 11 is 3.42. The van der Waals surface area contributed by atoms with Crippen LogP contribution in [0.2, 0.25) is 0 Å². The highest BCUT2D eigenvalue weighted by Gasteiger charge is 2.22. The van der Waals surface area contributed by atoms with Crippen LogP contribution in [0, 0.1) is 0 Å². The summed E-state index contributed by atoms with van der Waals surface area (Å²) in [5.41, 5.74) is 1.98. The number of phenolic OH excluding ortho intramolecular Hbond substituents is 1. The molecule has 0 spiro atoms. The number of anilines is 1. The normalized spacial score (nSPS) is 10.9. The molecule has 3 rings (SSSR count). The van der Waals surface area contributed by atoms with Crippen LogP contribution in [-0.4, -0.2) is 60.7 Å². The summed E-state index contributed by atoms with van der Waals surface area (Å²) in [5.74, 6) is 2.25. The summed E-state index contributed by atoms with van der Waals surface area (Å²) in [6.07, 6.45) is 6.34. The second kappa shape index (κ2) is 14.2. The van der Waals surface area contributed by atoms with Crippen molar-refractivity contribution in [1.29, 1.82) is 0 Å². The van der Waals surface area contributed by atoms with Crippen molar-refractivity contribution in [2.45, 2.75) is 0 Å². The van der Waals surface area contributed by atoms with Crippen molar-refractivity contribution in [2.24, 2.45) is 0 Å². The molecule has 0 bridgehead atoms. The van der Waals surface area contributed by atoms with E-state index in [9.17, 15) is 9.90 Å². The molecule has 10 nitrogen and oxygen atoms in total. The summed E-state index contributed by atoms with van der Waals surface area (Å²) in [6.45, 7) is 0. The molecule has 0 radical (unpaired) electrons. The van der Waals surface area contributed by atoms with Gasteiger partial charge in [0.05, 0.1) is 59.9 Å². The Morgan fingerprint density at radius 2 is 1.29 bits per heavy atom. The van der Waals surface area contributed by atoms with Gasteiger partial charge in [-0.1, -0.05) is 12.2 Å². The van der Waals surface area contributed by atoms with Crippen molar-refractivity contribution in [3.05, 3.63) is 63.8 Å². The number of halogens is 1. The molecule has 0 heterocycles. The number of hydrogen-bond donors (Lipinski definition) is 2. The van der Waals surface area contributed by atoms with E-state index in [2.05, 4.69) is 21.2 Å². The Morgan fingerprint density at radius 3 is 1.83 bits per heavy atom. The van der Waals surface area contributed by atoms with Gasteiger partial charge in [0.25, 0.3) is 0 Å². The Hall–Kier alpha value is -4.51. The number of carbonyl (C=O) groups excluding carboxylic acids is 1. The molecule has 0 aromatic heterocycles.